The Balaban J connectivity index is 1.04. The maximum atomic E-state index is 13.8. The Morgan fingerprint density at radius 3 is 2.21 bits per heavy atom. The third kappa shape index (κ3) is 6.85. The predicted octanol–water partition coefficient (Wildman–Crippen LogP) is 6.89. The van der Waals surface area contributed by atoms with E-state index in [1.807, 2.05) is 49.8 Å². The lowest BCUT2D eigenvalue weighted by molar-refractivity contribution is -0.137. The lowest BCUT2D eigenvalue weighted by Gasteiger charge is -2.32. The molecule has 5 heterocycles. The lowest BCUT2D eigenvalue weighted by Crippen LogP contribution is -2.52. The minimum absolute atomic E-state index is 0.0144. The van der Waals surface area contributed by atoms with Gasteiger partial charge >= 0.3 is 12.2 Å². The number of amides is 4. The first-order chi connectivity index (χ1) is 27.9. The number of hydrogen-bond donors (Lipinski definition) is 4. The van der Waals surface area contributed by atoms with E-state index in [0.717, 1.165) is 81.2 Å². The minimum atomic E-state index is -0.744. The summed E-state index contributed by atoms with van der Waals surface area (Å²) in [7, 11) is 2.57. The number of alkyl carbamates (subject to hydrolysis) is 2. The molecule has 58 heavy (non-hydrogen) atoms. The van der Waals surface area contributed by atoms with Gasteiger partial charge in [0.05, 0.1) is 49.2 Å². The molecule has 15 nitrogen and oxygen atoms in total. The number of benzene rings is 3. The maximum Gasteiger partial charge on any atom is 0.407 e. The number of imidazole rings is 2. The zero-order valence-corrected chi connectivity index (χ0v) is 33.8. The molecule has 6 atom stereocenters. The summed E-state index contributed by atoms with van der Waals surface area (Å²) >= 11 is 0. The molecule has 0 bridgehead atoms. The van der Waals surface area contributed by atoms with Crippen molar-refractivity contribution >= 4 is 45.8 Å². The van der Waals surface area contributed by atoms with Crippen LogP contribution in [0.3, 0.4) is 0 Å². The number of nitrogens with zero attached hydrogens (tertiary/aromatic N) is 4. The highest BCUT2D eigenvalue weighted by Crippen LogP contribution is 2.44. The number of hydrogen-bond acceptors (Lipinski definition) is 9. The number of methoxy groups -OCH3 is 2. The topological polar surface area (TPSA) is 184 Å². The van der Waals surface area contributed by atoms with Crippen molar-refractivity contribution in [2.75, 3.05) is 14.2 Å². The van der Waals surface area contributed by atoms with Gasteiger partial charge in [-0.05, 0) is 98.7 Å². The van der Waals surface area contributed by atoms with Gasteiger partial charge in [-0.3, -0.25) is 9.59 Å². The van der Waals surface area contributed by atoms with Crippen molar-refractivity contribution in [3.63, 3.8) is 0 Å². The predicted molar refractivity (Wildman–Crippen MR) is 217 cm³/mol. The van der Waals surface area contributed by atoms with Gasteiger partial charge in [0.2, 0.25) is 11.8 Å². The molecular weight excluding hydrogens is 741 g/mol. The molecular formula is C43H50N8O7. The second-order valence-corrected chi connectivity index (χ2v) is 16.1. The van der Waals surface area contributed by atoms with Crippen LogP contribution >= 0.6 is 0 Å². The van der Waals surface area contributed by atoms with Crippen molar-refractivity contribution in [3.8, 4) is 28.1 Å². The molecule has 0 unspecified atom stereocenters. The summed E-state index contributed by atoms with van der Waals surface area (Å²) in [4.78, 5) is 71.7. The van der Waals surface area contributed by atoms with E-state index >= 15 is 0 Å². The molecule has 2 saturated heterocycles. The standard InChI is InChI=1S/C43H50N8O7/c1-21(2)36(49-43(55)57-7)41(53)51-23(4)8-14-33(51)38-44-19-32(47-38)26-10-12-28-27(16-26)20-58-35-18-29-25(17-30(28)35)11-13-31-37(29)48-39(46-31)34-15-9-22(3)50(34)40(52)24(5)45-42(54)56-6/h10-13,16-19,21-24,33-34,36H,8-9,14-15,20H2,1-7H3,(H,44,47)(H,45,54)(H,46,48)(H,49,55)/t22-,23-,24-,33-,34-,36-/m0/s1. The molecule has 0 aliphatic carbocycles. The van der Waals surface area contributed by atoms with Crippen LogP contribution in [0.2, 0.25) is 0 Å². The average Bonchev–Trinajstić information content (AvgIpc) is 4.04. The Morgan fingerprint density at radius 1 is 0.810 bits per heavy atom. The number of carbonyl (C=O) groups excluding carboxylic acids is 4. The molecule has 4 N–H and O–H groups in total. The molecule has 304 valence electrons. The molecule has 3 aliphatic rings. The number of fused-ring (bicyclic) bond motifs is 6. The second kappa shape index (κ2) is 15.3. The van der Waals surface area contributed by atoms with E-state index in [1.54, 1.807) is 6.92 Å². The lowest BCUT2D eigenvalue weighted by atomic mass is 9.92. The van der Waals surface area contributed by atoms with Crippen molar-refractivity contribution in [1.29, 1.82) is 0 Å². The SMILES string of the molecule is COC(=O)N[C@@H](C)C(=O)N1[C@@H](C)CC[C@H]1c1nc2ccc3cc4c(cc3c2[nH]1)OCc1cc(-c2cnc([C@@H]3CC[C@H](C)N3C(=O)[C@@H](NC(=O)OC)C(C)C)[nH]2)ccc1-4. The highest BCUT2D eigenvalue weighted by atomic mass is 16.5. The fourth-order valence-corrected chi connectivity index (χ4v) is 8.92. The van der Waals surface area contributed by atoms with Gasteiger partial charge < -0.3 is 44.6 Å². The van der Waals surface area contributed by atoms with Crippen LogP contribution in [0.15, 0.2) is 48.7 Å². The summed E-state index contributed by atoms with van der Waals surface area (Å²) in [6.45, 7) is 9.90. The highest BCUT2D eigenvalue weighted by molar-refractivity contribution is 6.07. The summed E-state index contributed by atoms with van der Waals surface area (Å²) in [6, 6.07) is 12.6. The molecule has 0 spiro atoms. The molecule has 2 aromatic heterocycles. The fourth-order valence-electron chi connectivity index (χ4n) is 8.92. The Kier molecular flexibility index (Phi) is 10.2. The van der Waals surface area contributed by atoms with Crippen LogP contribution in [0.25, 0.3) is 44.2 Å². The number of likely N-dealkylation sites (tertiary alicyclic amines) is 2. The van der Waals surface area contributed by atoms with Gasteiger partial charge in [-0.15, -0.1) is 0 Å². The van der Waals surface area contributed by atoms with E-state index in [0.29, 0.717) is 18.3 Å². The van der Waals surface area contributed by atoms with E-state index < -0.39 is 24.3 Å². The Labute approximate surface area is 336 Å². The van der Waals surface area contributed by atoms with Gasteiger partial charge in [-0.25, -0.2) is 19.6 Å². The van der Waals surface area contributed by atoms with E-state index in [4.69, 9.17) is 24.2 Å². The maximum absolute atomic E-state index is 13.8. The molecule has 0 radical (unpaired) electrons. The monoisotopic (exact) mass is 790 g/mol. The summed E-state index contributed by atoms with van der Waals surface area (Å²) in [5, 5.41) is 7.32. The zero-order chi connectivity index (χ0) is 41.0. The molecule has 4 amide bonds. The number of aromatic amines is 2. The zero-order valence-electron chi connectivity index (χ0n) is 33.8. The van der Waals surface area contributed by atoms with Crippen LogP contribution in [-0.4, -0.2) is 92.1 Å². The van der Waals surface area contributed by atoms with Gasteiger partial charge in [0.1, 0.15) is 36.1 Å². The van der Waals surface area contributed by atoms with Crippen molar-refractivity contribution in [3.05, 3.63) is 65.9 Å². The Hall–Kier alpha value is -6.12. The van der Waals surface area contributed by atoms with Crippen LogP contribution in [-0.2, 0) is 25.7 Å². The van der Waals surface area contributed by atoms with Crippen LogP contribution in [0.5, 0.6) is 5.75 Å². The number of nitrogens with one attached hydrogen (secondary N) is 4. The molecule has 8 rings (SSSR count). The number of rotatable bonds is 8. The van der Waals surface area contributed by atoms with Crippen LogP contribution in [0.1, 0.15) is 89.6 Å². The second-order valence-electron chi connectivity index (χ2n) is 16.1. The summed E-state index contributed by atoms with van der Waals surface area (Å²) in [5.41, 5.74) is 6.59. The molecule has 15 heteroatoms. The van der Waals surface area contributed by atoms with E-state index in [1.165, 1.54) is 14.2 Å². The van der Waals surface area contributed by atoms with E-state index in [-0.39, 0.29) is 41.9 Å². The summed E-state index contributed by atoms with van der Waals surface area (Å²) < 4.78 is 15.9. The number of carbonyl (C=O) groups is 4. The van der Waals surface area contributed by atoms with Gasteiger partial charge in [-0.1, -0.05) is 32.0 Å². The van der Waals surface area contributed by atoms with Crippen molar-refractivity contribution in [1.82, 2.24) is 40.4 Å². The van der Waals surface area contributed by atoms with Gasteiger partial charge in [0.25, 0.3) is 0 Å². The summed E-state index contributed by atoms with van der Waals surface area (Å²) in [6.07, 6.45) is 3.68. The van der Waals surface area contributed by atoms with E-state index in [2.05, 4.69) is 57.0 Å². The number of ether oxygens (including phenoxy) is 3. The first-order valence-electron chi connectivity index (χ1n) is 20.0. The number of aromatic nitrogens is 4. The van der Waals surface area contributed by atoms with Gasteiger partial charge in [-0.2, -0.15) is 0 Å². The average molecular weight is 791 g/mol. The highest BCUT2D eigenvalue weighted by Gasteiger charge is 2.42. The fraction of sp³-hybridized carbons (Fsp3) is 0.442. The van der Waals surface area contributed by atoms with Crippen molar-refractivity contribution in [2.24, 2.45) is 5.92 Å². The molecule has 0 saturated carbocycles. The van der Waals surface area contributed by atoms with Gasteiger partial charge in [0, 0.05) is 23.0 Å². The molecule has 3 aromatic carbocycles. The van der Waals surface area contributed by atoms with E-state index in [9.17, 15) is 19.2 Å². The van der Waals surface area contributed by atoms with Crippen LogP contribution in [0.4, 0.5) is 9.59 Å². The van der Waals surface area contributed by atoms with Crippen LogP contribution < -0.4 is 15.4 Å². The van der Waals surface area contributed by atoms with Gasteiger partial charge in [0.15, 0.2) is 0 Å². The minimum Gasteiger partial charge on any atom is -0.488 e. The van der Waals surface area contributed by atoms with Crippen molar-refractivity contribution in [2.45, 2.75) is 103 Å². The number of H-pyrrole nitrogens is 2. The quantitative estimate of drug-likeness (QED) is 0.130. The third-order valence-electron chi connectivity index (χ3n) is 12.0. The smallest absolute Gasteiger partial charge is 0.407 e. The molecule has 2 fully saturated rings. The largest absolute Gasteiger partial charge is 0.488 e. The Morgan fingerprint density at radius 2 is 1.50 bits per heavy atom. The molecule has 5 aromatic rings. The summed E-state index contributed by atoms with van der Waals surface area (Å²) in [5.74, 6) is 1.73. The van der Waals surface area contributed by atoms with Crippen LogP contribution in [0, 0.1) is 5.92 Å². The first-order valence-corrected chi connectivity index (χ1v) is 20.0. The Bertz CT molecular complexity index is 2420. The van der Waals surface area contributed by atoms with Crippen molar-refractivity contribution < 1.29 is 33.4 Å². The molecule has 3 aliphatic heterocycles. The normalized spacial score (nSPS) is 21.0. The third-order valence-corrected chi connectivity index (χ3v) is 12.0. The first kappa shape index (κ1) is 38.7.